The first-order chi connectivity index (χ1) is 9.51. The fourth-order valence-electron chi connectivity index (χ4n) is 2.20. The van der Waals surface area contributed by atoms with Crippen LogP contribution in [0, 0.1) is 17.5 Å². The lowest BCUT2D eigenvalue weighted by Gasteiger charge is -2.23. The van der Waals surface area contributed by atoms with Crippen LogP contribution in [0.15, 0.2) is 42.5 Å². The van der Waals surface area contributed by atoms with Gasteiger partial charge in [-0.2, -0.15) is 0 Å². The molecule has 0 unspecified atom stereocenters. The first kappa shape index (κ1) is 14.6. The van der Waals surface area contributed by atoms with Gasteiger partial charge < -0.3 is 10.8 Å². The number of hydrogen-bond acceptors (Lipinski definition) is 2. The number of aliphatic hydroxyl groups is 1. The van der Waals surface area contributed by atoms with Gasteiger partial charge in [-0.1, -0.05) is 12.1 Å². The van der Waals surface area contributed by atoms with Crippen molar-refractivity contribution in [1.29, 1.82) is 0 Å². The van der Waals surface area contributed by atoms with E-state index in [1.165, 1.54) is 24.3 Å². The average Bonchev–Trinajstić information content (AvgIpc) is 2.40. The highest BCUT2D eigenvalue weighted by Gasteiger charge is 2.23. The summed E-state index contributed by atoms with van der Waals surface area (Å²) < 4.78 is 39.6. The van der Waals surface area contributed by atoms with Crippen LogP contribution in [0.5, 0.6) is 0 Å². The first-order valence-corrected chi connectivity index (χ1v) is 6.11. The summed E-state index contributed by atoms with van der Waals surface area (Å²) in [6.07, 6.45) is -1.03. The molecule has 106 valence electrons. The summed E-state index contributed by atoms with van der Waals surface area (Å²) in [7, 11) is 0. The third kappa shape index (κ3) is 3.18. The van der Waals surface area contributed by atoms with E-state index in [0.717, 1.165) is 18.2 Å². The van der Waals surface area contributed by atoms with E-state index in [0.29, 0.717) is 5.56 Å². The second kappa shape index (κ2) is 6.07. The minimum atomic E-state index is -1.03. The van der Waals surface area contributed by atoms with Crippen molar-refractivity contribution in [3.05, 3.63) is 71.0 Å². The molecule has 0 spiro atoms. The number of rotatable bonds is 4. The van der Waals surface area contributed by atoms with Gasteiger partial charge in [-0.15, -0.1) is 0 Å². The number of benzene rings is 2. The van der Waals surface area contributed by atoms with Gasteiger partial charge in [-0.05, 0) is 35.4 Å². The minimum Gasteiger partial charge on any atom is -0.391 e. The zero-order valence-corrected chi connectivity index (χ0v) is 10.6. The van der Waals surface area contributed by atoms with Crippen molar-refractivity contribution in [2.24, 2.45) is 5.73 Å². The number of hydrogen-bond donors (Lipinski definition) is 2. The molecule has 2 aromatic carbocycles. The molecule has 0 amide bonds. The van der Waals surface area contributed by atoms with Crippen molar-refractivity contribution in [3.63, 3.8) is 0 Å². The van der Waals surface area contributed by atoms with Crippen molar-refractivity contribution in [2.45, 2.75) is 12.0 Å². The van der Waals surface area contributed by atoms with Gasteiger partial charge in [0.25, 0.3) is 0 Å². The van der Waals surface area contributed by atoms with Crippen LogP contribution in [-0.2, 0) is 0 Å². The maximum atomic E-state index is 13.3. The maximum Gasteiger partial charge on any atom is 0.126 e. The average molecular weight is 281 g/mol. The molecule has 0 bridgehead atoms. The molecule has 0 aliphatic carbocycles. The molecular weight excluding hydrogens is 267 g/mol. The number of aliphatic hydroxyl groups excluding tert-OH is 1. The van der Waals surface area contributed by atoms with Gasteiger partial charge >= 0.3 is 0 Å². The maximum absolute atomic E-state index is 13.3. The summed E-state index contributed by atoms with van der Waals surface area (Å²) in [5, 5.41) is 10.0. The molecule has 0 saturated carbocycles. The molecule has 0 fully saturated rings. The van der Waals surface area contributed by atoms with Crippen LogP contribution in [0.4, 0.5) is 13.2 Å². The van der Waals surface area contributed by atoms with Crippen LogP contribution in [0.2, 0.25) is 0 Å². The Labute approximate surface area is 114 Å². The summed E-state index contributed by atoms with van der Waals surface area (Å²) in [5.74, 6) is -2.63. The largest absolute Gasteiger partial charge is 0.391 e. The molecule has 2 atom stereocenters. The van der Waals surface area contributed by atoms with Gasteiger partial charge in [0.15, 0.2) is 0 Å². The van der Waals surface area contributed by atoms with Crippen molar-refractivity contribution < 1.29 is 18.3 Å². The van der Waals surface area contributed by atoms with Crippen molar-refractivity contribution in [1.82, 2.24) is 0 Å². The number of nitrogens with two attached hydrogens (primary N) is 1. The monoisotopic (exact) mass is 281 g/mol. The van der Waals surface area contributed by atoms with Crippen LogP contribution < -0.4 is 5.73 Å². The molecule has 0 aliphatic heterocycles. The van der Waals surface area contributed by atoms with Crippen LogP contribution in [0.25, 0.3) is 0 Å². The molecular formula is C15H14F3NO. The number of halogens is 3. The van der Waals surface area contributed by atoms with Gasteiger partial charge in [0.1, 0.15) is 17.5 Å². The van der Waals surface area contributed by atoms with Crippen LogP contribution in [0.1, 0.15) is 17.0 Å². The predicted octanol–water partition coefficient (Wildman–Crippen LogP) is 2.56. The minimum absolute atomic E-state index is 0.0832. The second-order valence-electron chi connectivity index (χ2n) is 4.54. The molecule has 3 N–H and O–H groups in total. The summed E-state index contributed by atoms with van der Waals surface area (Å²) in [5.41, 5.74) is 6.24. The summed E-state index contributed by atoms with van der Waals surface area (Å²) in [6.45, 7) is -0.0832. The Morgan fingerprint density at radius 2 is 1.40 bits per heavy atom. The van der Waals surface area contributed by atoms with Gasteiger partial charge in [-0.3, -0.25) is 0 Å². The Morgan fingerprint density at radius 3 is 1.90 bits per heavy atom. The Bertz CT molecular complexity index is 566. The molecule has 0 saturated heterocycles. The van der Waals surface area contributed by atoms with E-state index in [9.17, 15) is 18.3 Å². The summed E-state index contributed by atoms with van der Waals surface area (Å²) in [4.78, 5) is 0. The lowest BCUT2D eigenvalue weighted by molar-refractivity contribution is 0.164. The smallest absolute Gasteiger partial charge is 0.126 e. The van der Waals surface area contributed by atoms with Crippen LogP contribution in [0.3, 0.4) is 0 Å². The third-order valence-electron chi connectivity index (χ3n) is 3.10. The highest BCUT2D eigenvalue weighted by atomic mass is 19.1. The van der Waals surface area contributed by atoms with Crippen LogP contribution in [-0.4, -0.2) is 17.8 Å². The fraction of sp³-hybridized carbons (Fsp3) is 0.200. The van der Waals surface area contributed by atoms with E-state index in [1.807, 2.05) is 0 Å². The Balaban J connectivity index is 2.49. The van der Waals surface area contributed by atoms with E-state index in [2.05, 4.69) is 0 Å². The van der Waals surface area contributed by atoms with Crippen molar-refractivity contribution >= 4 is 0 Å². The topological polar surface area (TPSA) is 46.2 Å². The molecule has 0 radical (unpaired) electrons. The summed E-state index contributed by atoms with van der Waals surface area (Å²) >= 11 is 0. The third-order valence-corrected chi connectivity index (χ3v) is 3.10. The SMILES string of the molecule is NC[C@H](O)[C@@H](c1ccc(F)cc1)c1cc(F)cc(F)c1. The standard InChI is InChI=1S/C15H14F3NO/c16-11-3-1-9(2-4-11)15(14(20)8-19)10-5-12(17)7-13(18)6-10/h1-7,14-15,20H,8,19H2/t14-,15-/m0/s1. The Morgan fingerprint density at radius 1 is 0.850 bits per heavy atom. The van der Waals surface area contributed by atoms with E-state index in [4.69, 9.17) is 5.73 Å². The summed E-state index contributed by atoms with van der Waals surface area (Å²) in [6, 6.07) is 8.39. The molecule has 0 heterocycles. The normalized spacial score (nSPS) is 14.1. The van der Waals surface area contributed by atoms with Gasteiger partial charge in [0.2, 0.25) is 0 Å². The lowest BCUT2D eigenvalue weighted by atomic mass is 9.86. The van der Waals surface area contributed by atoms with Crippen LogP contribution >= 0.6 is 0 Å². The van der Waals surface area contributed by atoms with E-state index in [-0.39, 0.29) is 12.1 Å². The molecule has 2 aromatic rings. The van der Waals surface area contributed by atoms with Crippen molar-refractivity contribution in [2.75, 3.05) is 6.54 Å². The Hall–Kier alpha value is -1.85. The van der Waals surface area contributed by atoms with Crippen molar-refractivity contribution in [3.8, 4) is 0 Å². The predicted molar refractivity (Wildman–Crippen MR) is 69.7 cm³/mol. The fourth-order valence-corrected chi connectivity index (χ4v) is 2.20. The van der Waals surface area contributed by atoms with Gasteiger partial charge in [-0.25, -0.2) is 13.2 Å². The zero-order chi connectivity index (χ0) is 14.7. The molecule has 2 nitrogen and oxygen atoms in total. The van der Waals surface area contributed by atoms with Gasteiger partial charge in [0.05, 0.1) is 6.10 Å². The Kier molecular flexibility index (Phi) is 4.42. The molecule has 0 aromatic heterocycles. The van der Waals surface area contributed by atoms with E-state index >= 15 is 0 Å². The highest BCUT2D eigenvalue weighted by molar-refractivity contribution is 5.34. The van der Waals surface area contributed by atoms with E-state index < -0.39 is 29.5 Å². The molecule has 20 heavy (non-hydrogen) atoms. The zero-order valence-electron chi connectivity index (χ0n) is 10.6. The first-order valence-electron chi connectivity index (χ1n) is 6.11. The van der Waals surface area contributed by atoms with Gasteiger partial charge in [0, 0.05) is 18.5 Å². The molecule has 0 aliphatic rings. The quantitative estimate of drug-likeness (QED) is 0.904. The lowest BCUT2D eigenvalue weighted by Crippen LogP contribution is -2.28. The highest BCUT2D eigenvalue weighted by Crippen LogP contribution is 2.29. The molecule has 5 heteroatoms. The molecule has 2 rings (SSSR count). The second-order valence-corrected chi connectivity index (χ2v) is 4.54. The van der Waals surface area contributed by atoms with E-state index in [1.54, 1.807) is 0 Å².